The first-order valence-electron chi connectivity index (χ1n) is 6.61. The average molecular weight is 204 g/mol. The lowest BCUT2D eigenvalue weighted by molar-refractivity contribution is -0.0163. The van der Waals surface area contributed by atoms with Gasteiger partial charge in [0.2, 0.25) is 0 Å². The van der Waals surface area contributed by atoms with Crippen molar-refractivity contribution in [3.63, 3.8) is 0 Å². The maximum Gasteiger partial charge on any atom is -0.0149 e. The third-order valence-corrected chi connectivity index (χ3v) is 5.72. The summed E-state index contributed by atoms with van der Waals surface area (Å²) in [7, 11) is 0. The van der Waals surface area contributed by atoms with Gasteiger partial charge in [0.25, 0.3) is 0 Å². The maximum absolute atomic E-state index is 2.63. The minimum atomic E-state index is 0.597. The fourth-order valence-corrected chi connectivity index (χ4v) is 4.90. The van der Waals surface area contributed by atoms with Crippen molar-refractivity contribution >= 4 is 0 Å². The molecule has 2 fully saturated rings. The smallest absolute Gasteiger partial charge is 0.0149 e. The van der Waals surface area contributed by atoms with Gasteiger partial charge in [0.15, 0.2) is 0 Å². The molecule has 4 atom stereocenters. The summed E-state index contributed by atoms with van der Waals surface area (Å²) < 4.78 is 0. The quantitative estimate of drug-likeness (QED) is 0.513. The first-order valence-corrected chi connectivity index (χ1v) is 6.61. The molecule has 0 amide bonds. The molecule has 2 saturated carbocycles. The Labute approximate surface area is 94.1 Å². The van der Waals surface area contributed by atoms with E-state index in [-0.39, 0.29) is 0 Å². The van der Waals surface area contributed by atoms with Crippen molar-refractivity contribution in [2.24, 2.45) is 28.6 Å². The summed E-state index contributed by atoms with van der Waals surface area (Å²) in [6.45, 7) is 9.87. The molecule has 0 spiro atoms. The highest BCUT2D eigenvalue weighted by molar-refractivity contribution is 5.24. The summed E-state index contributed by atoms with van der Waals surface area (Å²) in [5.41, 5.74) is 2.99. The fraction of sp³-hybridized carbons (Fsp3) is 0.867. The van der Waals surface area contributed by atoms with E-state index in [2.05, 4.69) is 33.8 Å². The lowest BCUT2D eigenvalue weighted by atomic mass is 9.48. The van der Waals surface area contributed by atoms with Crippen LogP contribution in [0.15, 0.2) is 11.6 Å². The van der Waals surface area contributed by atoms with Crippen LogP contribution in [0.25, 0.3) is 0 Å². The molecule has 0 radical (unpaired) electrons. The summed E-state index contributed by atoms with van der Waals surface area (Å²) in [4.78, 5) is 0. The van der Waals surface area contributed by atoms with Crippen LogP contribution in [0.2, 0.25) is 0 Å². The summed E-state index contributed by atoms with van der Waals surface area (Å²) in [5.74, 6) is 2.84. The molecule has 0 saturated heterocycles. The molecule has 0 bridgehead atoms. The van der Waals surface area contributed by atoms with Crippen LogP contribution in [0.5, 0.6) is 0 Å². The van der Waals surface area contributed by atoms with Crippen molar-refractivity contribution in [2.45, 2.75) is 53.4 Å². The molecule has 0 unspecified atom stereocenters. The van der Waals surface area contributed by atoms with E-state index in [0.717, 1.165) is 17.8 Å². The molecule has 84 valence electrons. The van der Waals surface area contributed by atoms with Crippen molar-refractivity contribution in [3.05, 3.63) is 11.6 Å². The highest BCUT2D eigenvalue weighted by Gasteiger charge is 2.57. The number of fused-ring (bicyclic) bond motifs is 3. The third kappa shape index (κ3) is 1.20. The predicted octanol–water partition coefficient (Wildman–Crippen LogP) is 4.42. The van der Waals surface area contributed by atoms with Gasteiger partial charge in [-0.25, -0.2) is 0 Å². The van der Waals surface area contributed by atoms with Gasteiger partial charge in [0, 0.05) is 0 Å². The van der Waals surface area contributed by atoms with Crippen LogP contribution in [-0.2, 0) is 0 Å². The van der Waals surface area contributed by atoms with E-state index >= 15 is 0 Å². The Morgan fingerprint density at radius 3 is 2.53 bits per heavy atom. The van der Waals surface area contributed by atoms with Gasteiger partial charge in [-0.1, -0.05) is 32.4 Å². The molecular weight excluding hydrogens is 180 g/mol. The minimum Gasteiger partial charge on any atom is -0.0819 e. The van der Waals surface area contributed by atoms with Gasteiger partial charge in [-0.15, -0.1) is 0 Å². The molecule has 0 aromatic rings. The van der Waals surface area contributed by atoms with E-state index in [9.17, 15) is 0 Å². The van der Waals surface area contributed by atoms with Crippen LogP contribution in [-0.4, -0.2) is 0 Å². The number of hydrogen-bond donors (Lipinski definition) is 0. The molecule has 15 heavy (non-hydrogen) atoms. The zero-order valence-corrected chi connectivity index (χ0v) is 10.6. The largest absolute Gasteiger partial charge is 0.0819 e. The van der Waals surface area contributed by atoms with Gasteiger partial charge in [0.1, 0.15) is 0 Å². The normalized spacial score (nSPS) is 51.5. The number of rotatable bonds is 0. The van der Waals surface area contributed by atoms with Gasteiger partial charge < -0.3 is 0 Å². The van der Waals surface area contributed by atoms with E-state index in [0.29, 0.717) is 10.8 Å². The molecule has 0 heterocycles. The maximum atomic E-state index is 2.63. The lowest BCUT2D eigenvalue weighted by Gasteiger charge is -2.56. The molecule has 0 nitrogen and oxygen atoms in total. The second kappa shape index (κ2) is 2.70. The topological polar surface area (TPSA) is 0 Å². The summed E-state index contributed by atoms with van der Waals surface area (Å²) >= 11 is 0. The van der Waals surface area contributed by atoms with Gasteiger partial charge >= 0.3 is 0 Å². The standard InChI is InChI=1S/C15H24/c1-10-7-11-8-14(2,3)9-13(11)15(4)6-5-12(10)15/h7,11-13H,5-6,8-9H2,1-4H3/t11-,12+,13+,15+/m0/s1. The van der Waals surface area contributed by atoms with Crippen LogP contribution in [0.3, 0.4) is 0 Å². The van der Waals surface area contributed by atoms with E-state index in [1.165, 1.54) is 25.7 Å². The highest BCUT2D eigenvalue weighted by Crippen LogP contribution is 2.66. The van der Waals surface area contributed by atoms with Crippen LogP contribution in [0.4, 0.5) is 0 Å². The SMILES string of the molecule is CC1=C[C@H]2CC(C)(C)C[C@H]2[C@]2(C)CC[C@H]12. The van der Waals surface area contributed by atoms with Gasteiger partial charge in [-0.05, 0) is 61.2 Å². The van der Waals surface area contributed by atoms with E-state index < -0.39 is 0 Å². The second-order valence-corrected chi connectivity index (χ2v) is 7.35. The summed E-state index contributed by atoms with van der Waals surface area (Å²) in [6.07, 6.45) is 8.47. The Hall–Kier alpha value is -0.260. The summed E-state index contributed by atoms with van der Waals surface area (Å²) in [6, 6.07) is 0. The van der Waals surface area contributed by atoms with Crippen molar-refractivity contribution in [3.8, 4) is 0 Å². The molecule has 0 N–H and O–H groups in total. The first kappa shape index (κ1) is 9.93. The van der Waals surface area contributed by atoms with E-state index in [1.807, 2.05) is 0 Å². The zero-order chi connectivity index (χ0) is 10.8. The highest BCUT2D eigenvalue weighted by atomic mass is 14.6. The van der Waals surface area contributed by atoms with Gasteiger partial charge in [0.05, 0.1) is 0 Å². The molecule has 0 aromatic heterocycles. The molecule has 3 aliphatic carbocycles. The average Bonchev–Trinajstić information content (AvgIpc) is 2.36. The van der Waals surface area contributed by atoms with Crippen molar-refractivity contribution in [2.75, 3.05) is 0 Å². The molecule has 0 heteroatoms. The van der Waals surface area contributed by atoms with Crippen LogP contribution in [0.1, 0.15) is 53.4 Å². The third-order valence-electron chi connectivity index (χ3n) is 5.72. The van der Waals surface area contributed by atoms with Crippen LogP contribution < -0.4 is 0 Å². The minimum absolute atomic E-state index is 0.597. The predicted molar refractivity (Wildman–Crippen MR) is 64.6 cm³/mol. The zero-order valence-electron chi connectivity index (χ0n) is 10.6. The monoisotopic (exact) mass is 204 g/mol. The van der Waals surface area contributed by atoms with E-state index in [1.54, 1.807) is 5.57 Å². The number of allylic oxidation sites excluding steroid dienone is 2. The molecular formula is C15H24. The van der Waals surface area contributed by atoms with Crippen LogP contribution in [0, 0.1) is 28.6 Å². The Balaban J connectivity index is 1.98. The molecule has 0 aliphatic heterocycles. The van der Waals surface area contributed by atoms with Crippen molar-refractivity contribution in [1.29, 1.82) is 0 Å². The lowest BCUT2D eigenvalue weighted by Crippen LogP contribution is -2.48. The number of hydrogen-bond acceptors (Lipinski definition) is 0. The van der Waals surface area contributed by atoms with Crippen molar-refractivity contribution in [1.82, 2.24) is 0 Å². The first-order chi connectivity index (χ1) is 6.92. The van der Waals surface area contributed by atoms with E-state index in [4.69, 9.17) is 0 Å². The Kier molecular flexibility index (Phi) is 1.79. The Bertz CT molecular complexity index is 323. The van der Waals surface area contributed by atoms with Crippen LogP contribution >= 0.6 is 0 Å². The summed E-state index contributed by atoms with van der Waals surface area (Å²) in [5, 5.41) is 0. The molecule has 0 aromatic carbocycles. The Morgan fingerprint density at radius 1 is 1.20 bits per heavy atom. The van der Waals surface area contributed by atoms with Gasteiger partial charge in [-0.2, -0.15) is 0 Å². The van der Waals surface area contributed by atoms with Crippen molar-refractivity contribution < 1.29 is 0 Å². The fourth-order valence-electron chi connectivity index (χ4n) is 4.90. The molecule has 3 rings (SSSR count). The second-order valence-electron chi connectivity index (χ2n) is 7.35. The van der Waals surface area contributed by atoms with Gasteiger partial charge in [-0.3, -0.25) is 0 Å². The Morgan fingerprint density at radius 2 is 1.93 bits per heavy atom. The molecule has 3 aliphatic rings.